The van der Waals surface area contributed by atoms with Gasteiger partial charge in [-0.2, -0.15) is 0 Å². The quantitative estimate of drug-likeness (QED) is 0.112. The van der Waals surface area contributed by atoms with Gasteiger partial charge in [-0.25, -0.2) is 0 Å². The summed E-state index contributed by atoms with van der Waals surface area (Å²) in [7, 11) is 0. The molecule has 0 aromatic rings. The molecule has 19 nitrogen and oxygen atoms in total. The summed E-state index contributed by atoms with van der Waals surface area (Å²) >= 11 is 0. The number of rotatable bonds is 10. The van der Waals surface area contributed by atoms with E-state index in [2.05, 4.69) is 34.6 Å². The van der Waals surface area contributed by atoms with E-state index in [1.807, 2.05) is 13.8 Å². The van der Waals surface area contributed by atoms with Crippen molar-refractivity contribution in [3.05, 3.63) is 0 Å². The van der Waals surface area contributed by atoms with Crippen LogP contribution in [0.5, 0.6) is 0 Å². The Morgan fingerprint density at radius 1 is 0.591 bits per heavy atom. The molecule has 4 aliphatic heterocycles. The van der Waals surface area contributed by atoms with Crippen molar-refractivity contribution >= 4 is 0 Å². The standard InChI is InChI=1S/C47H78O19/c1-41(2)26(64-38-33(57)28(52)21(51)18-60-38)9-11-47-19-46(47)13-12-43(5)36(45(7)10-8-27(65-45)42(3,4)66-40-35(59)32(56)30(54)24(17-49)63-40)20(50)15-44(43,6)25(46)14-22(37(41)47)61-39-34(58)31(55)29(53)23(16-48)62-39/h20-40,48-59H,8-19H2,1-7H3/t20-,21+,22-,23-,24-,25-,26-,27-,28-,29-,30-,31+,32+,33+,34-,35-,36-,37+,38-,39-,40+,43+,44-,45+,46-,47+/m0/s1. The second-order valence-corrected chi connectivity index (χ2v) is 23.8. The maximum atomic E-state index is 12.5. The molecule has 9 fully saturated rings. The van der Waals surface area contributed by atoms with Gasteiger partial charge in [0.05, 0.1) is 55.4 Å². The summed E-state index contributed by atoms with van der Waals surface area (Å²) < 4.78 is 44.3. The normalized spacial score (nSPS) is 58.0. The van der Waals surface area contributed by atoms with Crippen LogP contribution >= 0.6 is 0 Å². The molecule has 9 aliphatic rings. The molecular weight excluding hydrogens is 868 g/mol. The lowest BCUT2D eigenvalue weighted by molar-refractivity contribution is -0.339. The molecule has 0 bridgehead atoms. The summed E-state index contributed by atoms with van der Waals surface area (Å²) in [6.45, 7) is 13.0. The third kappa shape index (κ3) is 7.22. The molecule has 4 saturated heterocycles. The van der Waals surface area contributed by atoms with Gasteiger partial charge < -0.3 is 94.4 Å². The van der Waals surface area contributed by atoms with E-state index in [9.17, 15) is 61.3 Å². The molecule has 2 spiro atoms. The van der Waals surface area contributed by atoms with Crippen LogP contribution in [0.2, 0.25) is 0 Å². The molecule has 9 rings (SSSR count). The molecule has 5 saturated carbocycles. The maximum absolute atomic E-state index is 12.5. The molecule has 0 aromatic heterocycles. The van der Waals surface area contributed by atoms with Crippen LogP contribution in [0.3, 0.4) is 0 Å². The second kappa shape index (κ2) is 16.9. The molecule has 19 heteroatoms. The Morgan fingerprint density at radius 2 is 1.20 bits per heavy atom. The third-order valence-corrected chi connectivity index (χ3v) is 19.9. The van der Waals surface area contributed by atoms with E-state index in [0.29, 0.717) is 32.1 Å². The molecule has 12 N–H and O–H groups in total. The van der Waals surface area contributed by atoms with Crippen LogP contribution in [0.4, 0.5) is 0 Å². The van der Waals surface area contributed by atoms with Crippen molar-refractivity contribution in [2.45, 2.75) is 228 Å². The van der Waals surface area contributed by atoms with Gasteiger partial charge in [0.15, 0.2) is 18.9 Å². The highest BCUT2D eigenvalue weighted by molar-refractivity contribution is 5.33. The second-order valence-electron chi connectivity index (χ2n) is 23.8. The molecule has 5 aliphatic carbocycles. The minimum atomic E-state index is -1.65. The Morgan fingerprint density at radius 3 is 1.83 bits per heavy atom. The van der Waals surface area contributed by atoms with E-state index in [0.717, 1.165) is 25.7 Å². The van der Waals surface area contributed by atoms with E-state index in [1.165, 1.54) is 0 Å². The molecular formula is C47H78O19. The number of hydrogen-bond acceptors (Lipinski definition) is 19. The number of aliphatic hydroxyl groups excluding tert-OH is 12. The van der Waals surface area contributed by atoms with Gasteiger partial charge in [0.25, 0.3) is 0 Å². The molecule has 0 radical (unpaired) electrons. The van der Waals surface area contributed by atoms with Crippen molar-refractivity contribution in [2.24, 2.45) is 44.8 Å². The van der Waals surface area contributed by atoms with Gasteiger partial charge in [0.2, 0.25) is 0 Å². The van der Waals surface area contributed by atoms with Crippen molar-refractivity contribution < 1.29 is 94.4 Å². The van der Waals surface area contributed by atoms with Crippen LogP contribution in [0.25, 0.3) is 0 Å². The van der Waals surface area contributed by atoms with E-state index < -0.39 is 151 Å². The first-order chi connectivity index (χ1) is 30.8. The Labute approximate surface area is 386 Å². The zero-order chi connectivity index (χ0) is 48.1. The fraction of sp³-hybridized carbons (Fsp3) is 1.00. The van der Waals surface area contributed by atoms with E-state index in [1.54, 1.807) is 0 Å². The Kier molecular flexibility index (Phi) is 12.9. The highest BCUT2D eigenvalue weighted by Gasteiger charge is 2.85. The number of fused-ring (bicyclic) bond motifs is 2. The lowest BCUT2D eigenvalue weighted by Gasteiger charge is -2.65. The zero-order valence-corrected chi connectivity index (χ0v) is 39.3. The molecule has 0 aromatic carbocycles. The third-order valence-electron chi connectivity index (χ3n) is 19.9. The number of hydrogen-bond donors (Lipinski definition) is 12. The molecule has 380 valence electrons. The monoisotopic (exact) mass is 947 g/mol. The fourth-order valence-electron chi connectivity index (χ4n) is 16.4. The molecule has 4 heterocycles. The Bertz CT molecular complexity index is 1770. The number of ether oxygens (including phenoxy) is 7. The largest absolute Gasteiger partial charge is 0.394 e. The highest BCUT2D eigenvalue weighted by atomic mass is 16.7. The summed E-state index contributed by atoms with van der Waals surface area (Å²) in [6.07, 6.45) is -16.3. The lowest BCUT2D eigenvalue weighted by atomic mass is 9.41. The molecule has 0 amide bonds. The van der Waals surface area contributed by atoms with E-state index in [-0.39, 0.29) is 35.2 Å². The molecule has 0 unspecified atom stereocenters. The predicted molar refractivity (Wildman–Crippen MR) is 226 cm³/mol. The predicted octanol–water partition coefficient (Wildman–Crippen LogP) is -1.45. The van der Waals surface area contributed by atoms with Gasteiger partial charge in [-0.1, -0.05) is 27.7 Å². The average Bonchev–Trinajstić information content (AvgIpc) is 3.63. The topological polar surface area (TPSA) is 307 Å². The van der Waals surface area contributed by atoms with Crippen molar-refractivity contribution in [3.8, 4) is 0 Å². The van der Waals surface area contributed by atoms with Crippen LogP contribution in [0, 0.1) is 44.8 Å². The van der Waals surface area contributed by atoms with Gasteiger partial charge in [-0.3, -0.25) is 0 Å². The van der Waals surface area contributed by atoms with Crippen molar-refractivity contribution in [2.75, 3.05) is 19.8 Å². The molecule has 26 atom stereocenters. The van der Waals surface area contributed by atoms with Crippen LogP contribution in [-0.4, -0.2) is 203 Å². The SMILES string of the molecule is CC(C)(O[C@H]1O[C@@H](CO)[C@H](O)[C@@H](O)[C@@H]1O)[C@@H]1CC[C@](C)([C@H]2[C@@H](O)C[C@@]3(C)[C@@H]4C[C@H](O[C@H]5O[C@@H](CO)[C@H](O)[C@@H](O)[C@@H]5O)[C@@H]5C(C)(C)[C@@H](O[C@@H]6OC[C@@H](O)[C@H](O)[C@H]6O)CC[C@@]56C[C@@]46CC[C@]23C)O1. The van der Waals surface area contributed by atoms with Crippen LogP contribution in [0.1, 0.15) is 106 Å². The lowest BCUT2D eigenvalue weighted by Crippen LogP contribution is -2.65. The van der Waals surface area contributed by atoms with Crippen molar-refractivity contribution in [3.63, 3.8) is 0 Å². The molecule has 66 heavy (non-hydrogen) atoms. The average molecular weight is 947 g/mol. The van der Waals surface area contributed by atoms with Crippen LogP contribution < -0.4 is 0 Å². The van der Waals surface area contributed by atoms with Crippen molar-refractivity contribution in [1.82, 2.24) is 0 Å². The van der Waals surface area contributed by atoms with Gasteiger partial charge in [0, 0.05) is 5.92 Å². The summed E-state index contributed by atoms with van der Waals surface area (Å²) in [6, 6.07) is 0. The fourth-order valence-corrected chi connectivity index (χ4v) is 16.4. The van der Waals surface area contributed by atoms with Gasteiger partial charge in [-0.05, 0) is 117 Å². The first kappa shape index (κ1) is 50.2. The van der Waals surface area contributed by atoms with E-state index in [4.69, 9.17) is 33.2 Å². The van der Waals surface area contributed by atoms with Gasteiger partial charge in [0.1, 0.15) is 67.1 Å². The maximum Gasteiger partial charge on any atom is 0.187 e. The van der Waals surface area contributed by atoms with Crippen LogP contribution in [-0.2, 0) is 33.2 Å². The first-order valence-electron chi connectivity index (χ1n) is 24.4. The summed E-state index contributed by atoms with van der Waals surface area (Å²) in [5, 5.41) is 129. The number of aliphatic hydroxyl groups is 12. The summed E-state index contributed by atoms with van der Waals surface area (Å²) in [5.41, 5.74) is -3.88. The van der Waals surface area contributed by atoms with Gasteiger partial charge in [-0.15, -0.1) is 0 Å². The smallest absolute Gasteiger partial charge is 0.187 e. The van der Waals surface area contributed by atoms with E-state index >= 15 is 0 Å². The summed E-state index contributed by atoms with van der Waals surface area (Å²) in [4.78, 5) is 0. The Hall–Kier alpha value is -0.760. The minimum absolute atomic E-state index is 0.00898. The summed E-state index contributed by atoms with van der Waals surface area (Å²) in [5.74, 6) is -0.523. The minimum Gasteiger partial charge on any atom is -0.394 e. The Balaban J connectivity index is 1.01. The van der Waals surface area contributed by atoms with Crippen LogP contribution in [0.15, 0.2) is 0 Å². The van der Waals surface area contributed by atoms with Gasteiger partial charge >= 0.3 is 0 Å². The van der Waals surface area contributed by atoms with Crippen molar-refractivity contribution in [1.29, 1.82) is 0 Å². The highest BCUT2D eigenvalue weighted by Crippen LogP contribution is 2.89. The first-order valence-corrected chi connectivity index (χ1v) is 24.4. The zero-order valence-electron chi connectivity index (χ0n) is 39.3.